The molecular formula is C24H29FN2OS. The molecule has 0 spiro atoms. The number of hydrogen-bond donors (Lipinski definition) is 1. The van der Waals surface area contributed by atoms with E-state index in [1.54, 1.807) is 12.1 Å². The minimum Gasteiger partial charge on any atom is -0.362 e. The Bertz CT molecular complexity index is 918. The van der Waals surface area contributed by atoms with Crippen molar-refractivity contribution in [1.29, 1.82) is 0 Å². The molecule has 0 saturated carbocycles. The van der Waals surface area contributed by atoms with E-state index in [0.29, 0.717) is 23.8 Å². The van der Waals surface area contributed by atoms with Crippen LogP contribution in [0, 0.1) is 24.6 Å². The third kappa shape index (κ3) is 4.08. The maximum Gasteiger partial charge on any atom is 0.162 e. The highest BCUT2D eigenvalue weighted by Gasteiger charge is 2.38. The van der Waals surface area contributed by atoms with Crippen LogP contribution in [0.2, 0.25) is 0 Å². The lowest BCUT2D eigenvalue weighted by molar-refractivity contribution is 0.0965. The zero-order chi connectivity index (χ0) is 20.5. The van der Waals surface area contributed by atoms with Crippen molar-refractivity contribution >= 4 is 22.9 Å². The molecule has 1 aromatic carbocycles. The Hall–Kier alpha value is -1.85. The number of piperidine rings is 1. The van der Waals surface area contributed by atoms with E-state index in [4.69, 9.17) is 12.2 Å². The van der Waals surface area contributed by atoms with E-state index < -0.39 is 0 Å². The van der Waals surface area contributed by atoms with Crippen molar-refractivity contribution < 1.29 is 9.18 Å². The maximum absolute atomic E-state index is 13.0. The van der Waals surface area contributed by atoms with Crippen molar-refractivity contribution in [2.45, 2.75) is 46.0 Å². The summed E-state index contributed by atoms with van der Waals surface area (Å²) in [4.78, 5) is 19.5. The first-order chi connectivity index (χ1) is 14.0. The monoisotopic (exact) mass is 412 g/mol. The number of aromatic nitrogens is 1. The number of rotatable bonds is 6. The van der Waals surface area contributed by atoms with Gasteiger partial charge in [-0.3, -0.25) is 4.79 Å². The Balaban J connectivity index is 1.35. The molecule has 4 rings (SSSR count). The molecule has 1 aliphatic heterocycles. The lowest BCUT2D eigenvalue weighted by Gasteiger charge is -2.41. The van der Waals surface area contributed by atoms with Crippen LogP contribution in [-0.4, -0.2) is 40.2 Å². The van der Waals surface area contributed by atoms with Crippen LogP contribution < -0.4 is 0 Å². The first-order valence-corrected chi connectivity index (χ1v) is 11.1. The average Bonchev–Trinajstić information content (AvgIpc) is 3.04. The summed E-state index contributed by atoms with van der Waals surface area (Å²) in [6.07, 6.45) is 4.62. The number of thiocarbonyl (C=S) groups is 1. The van der Waals surface area contributed by atoms with Crippen molar-refractivity contribution in [3.8, 4) is 0 Å². The normalized spacial score (nSPS) is 21.7. The number of hydrogen-bond acceptors (Lipinski definition) is 3. The van der Waals surface area contributed by atoms with E-state index in [1.165, 1.54) is 34.6 Å². The zero-order valence-electron chi connectivity index (χ0n) is 17.3. The molecule has 1 N–H and O–H groups in total. The minimum absolute atomic E-state index is 0.0908. The smallest absolute Gasteiger partial charge is 0.162 e. The van der Waals surface area contributed by atoms with Gasteiger partial charge in [-0.15, -0.1) is 0 Å². The Morgan fingerprint density at radius 2 is 2.07 bits per heavy atom. The molecule has 5 heteroatoms. The van der Waals surface area contributed by atoms with Gasteiger partial charge in [0.15, 0.2) is 5.78 Å². The Morgan fingerprint density at radius 3 is 2.79 bits per heavy atom. The van der Waals surface area contributed by atoms with Crippen LogP contribution in [0.1, 0.15) is 59.1 Å². The van der Waals surface area contributed by atoms with Gasteiger partial charge in [0, 0.05) is 46.3 Å². The van der Waals surface area contributed by atoms with Crippen molar-refractivity contribution in [3.63, 3.8) is 0 Å². The molecule has 1 fully saturated rings. The zero-order valence-corrected chi connectivity index (χ0v) is 18.1. The molecule has 154 valence electrons. The molecule has 2 aliphatic rings. The number of carbonyl (C=O) groups is 1. The van der Waals surface area contributed by atoms with Gasteiger partial charge in [-0.1, -0.05) is 19.1 Å². The Morgan fingerprint density at radius 1 is 1.31 bits per heavy atom. The van der Waals surface area contributed by atoms with Crippen LogP contribution >= 0.6 is 12.2 Å². The average molecular weight is 413 g/mol. The number of Topliss-reactive ketones (excluding diaryl/α,β-unsaturated/α-hetero) is 1. The number of benzene rings is 1. The summed E-state index contributed by atoms with van der Waals surface area (Å²) in [6.45, 7) is 7.36. The highest BCUT2D eigenvalue weighted by atomic mass is 32.1. The number of halogens is 1. The SMILES string of the molecule is CCc1c(C)[nH]c2c1C(=S)[C@@H]1CN(CCCC(=O)c3ccc(F)cc3)CC[C@H]1C2. The predicted octanol–water partition coefficient (Wildman–Crippen LogP) is 4.90. The van der Waals surface area contributed by atoms with Gasteiger partial charge in [-0.25, -0.2) is 4.39 Å². The van der Waals surface area contributed by atoms with Gasteiger partial charge in [0.1, 0.15) is 5.82 Å². The minimum atomic E-state index is -0.306. The number of likely N-dealkylation sites (tertiary alicyclic amines) is 1. The highest BCUT2D eigenvalue weighted by Crippen LogP contribution is 2.38. The van der Waals surface area contributed by atoms with Crippen LogP contribution in [0.5, 0.6) is 0 Å². The first kappa shape index (κ1) is 20.4. The molecule has 3 nitrogen and oxygen atoms in total. The number of fused-ring (bicyclic) bond motifs is 2. The molecule has 1 aliphatic carbocycles. The lowest BCUT2D eigenvalue weighted by Crippen LogP contribution is -2.46. The molecule has 1 aromatic heterocycles. The number of H-pyrrole nitrogens is 1. The first-order valence-electron chi connectivity index (χ1n) is 10.7. The summed E-state index contributed by atoms with van der Waals surface area (Å²) in [7, 11) is 0. The van der Waals surface area contributed by atoms with Crippen LogP contribution in [-0.2, 0) is 12.8 Å². The van der Waals surface area contributed by atoms with Crippen LogP contribution in [0.4, 0.5) is 4.39 Å². The summed E-state index contributed by atoms with van der Waals surface area (Å²) < 4.78 is 13.0. The maximum atomic E-state index is 13.0. The number of carbonyl (C=O) groups excluding carboxylic acids is 1. The summed E-state index contributed by atoms with van der Waals surface area (Å²) in [5, 5.41) is 0. The third-order valence-corrected chi connectivity index (χ3v) is 7.19. The standard InChI is InChI=1S/C24H29FN2OS/c1-3-19-15(2)26-21-13-17-10-12-27(14-20(17)24(29)23(19)21)11-4-5-22(28)16-6-8-18(25)9-7-16/h6-9,17,20,26H,3-5,10-14H2,1-2H3/t17-,20+/m0/s1. The van der Waals surface area contributed by atoms with Crippen LogP contribution in [0.25, 0.3) is 0 Å². The second kappa shape index (κ2) is 8.49. The fourth-order valence-electron chi connectivity index (χ4n) is 5.13. The van der Waals surface area contributed by atoms with E-state index in [2.05, 4.69) is 23.7 Å². The number of aryl methyl sites for hydroxylation is 1. The summed E-state index contributed by atoms with van der Waals surface area (Å²) in [6, 6.07) is 5.85. The van der Waals surface area contributed by atoms with Gasteiger partial charge in [0.2, 0.25) is 0 Å². The summed E-state index contributed by atoms with van der Waals surface area (Å²) in [5.74, 6) is 0.863. The number of nitrogens with zero attached hydrogens (tertiary/aromatic N) is 1. The summed E-state index contributed by atoms with van der Waals surface area (Å²) in [5.41, 5.74) is 5.94. The van der Waals surface area contributed by atoms with Crippen molar-refractivity contribution in [2.75, 3.05) is 19.6 Å². The van der Waals surface area contributed by atoms with Gasteiger partial charge < -0.3 is 9.88 Å². The lowest BCUT2D eigenvalue weighted by atomic mass is 9.73. The Kier molecular flexibility index (Phi) is 5.98. The van der Waals surface area contributed by atoms with Crippen molar-refractivity contribution in [1.82, 2.24) is 9.88 Å². The predicted molar refractivity (Wildman–Crippen MR) is 118 cm³/mol. The van der Waals surface area contributed by atoms with Gasteiger partial charge in [-0.05, 0) is 81.4 Å². The molecule has 0 amide bonds. The molecule has 2 heterocycles. The van der Waals surface area contributed by atoms with Crippen molar-refractivity contribution in [2.24, 2.45) is 11.8 Å². The second-order valence-electron chi connectivity index (χ2n) is 8.49. The molecule has 0 unspecified atom stereocenters. The van der Waals surface area contributed by atoms with Gasteiger partial charge in [0.05, 0.1) is 0 Å². The topological polar surface area (TPSA) is 36.1 Å². The molecule has 0 bridgehead atoms. The van der Waals surface area contributed by atoms with Gasteiger partial charge in [-0.2, -0.15) is 0 Å². The fraction of sp³-hybridized carbons (Fsp3) is 0.500. The molecule has 29 heavy (non-hydrogen) atoms. The number of ketones is 1. The number of aromatic amines is 1. The molecule has 2 atom stereocenters. The van der Waals surface area contributed by atoms with E-state index in [-0.39, 0.29) is 11.6 Å². The van der Waals surface area contributed by atoms with Crippen molar-refractivity contribution in [3.05, 3.63) is 58.2 Å². The van der Waals surface area contributed by atoms with E-state index in [9.17, 15) is 9.18 Å². The molecule has 1 saturated heterocycles. The molecular weight excluding hydrogens is 383 g/mol. The highest BCUT2D eigenvalue weighted by molar-refractivity contribution is 7.80. The Labute approximate surface area is 177 Å². The third-order valence-electron chi connectivity index (χ3n) is 6.68. The van der Waals surface area contributed by atoms with Gasteiger partial charge in [0.25, 0.3) is 0 Å². The quantitative estimate of drug-likeness (QED) is 0.541. The van der Waals surface area contributed by atoms with Crippen LogP contribution in [0.3, 0.4) is 0 Å². The summed E-state index contributed by atoms with van der Waals surface area (Å²) >= 11 is 5.98. The molecule has 0 radical (unpaired) electrons. The number of nitrogens with one attached hydrogen (secondary N) is 1. The van der Waals surface area contributed by atoms with Gasteiger partial charge >= 0.3 is 0 Å². The molecule has 2 aromatic rings. The van der Waals surface area contributed by atoms with Crippen LogP contribution in [0.15, 0.2) is 24.3 Å². The van der Waals surface area contributed by atoms with E-state index in [0.717, 1.165) is 50.2 Å². The second-order valence-corrected chi connectivity index (χ2v) is 8.93. The van der Waals surface area contributed by atoms with E-state index in [1.807, 2.05) is 0 Å². The largest absolute Gasteiger partial charge is 0.362 e. The fourth-order valence-corrected chi connectivity index (χ4v) is 5.64. The van der Waals surface area contributed by atoms with E-state index >= 15 is 0 Å².